The lowest BCUT2D eigenvalue weighted by atomic mass is 9.95. The molecule has 0 bridgehead atoms. The lowest BCUT2D eigenvalue weighted by Gasteiger charge is -2.21. The fourth-order valence-electron chi connectivity index (χ4n) is 15.4. The highest BCUT2D eigenvalue weighted by Crippen LogP contribution is 2.54. The van der Waals surface area contributed by atoms with E-state index in [1.54, 1.807) is 76.0 Å². The maximum Gasteiger partial charge on any atom is 0.207 e. The van der Waals surface area contributed by atoms with Crippen molar-refractivity contribution in [3.63, 3.8) is 0 Å². The van der Waals surface area contributed by atoms with Crippen molar-refractivity contribution in [2.45, 2.75) is 157 Å². The van der Waals surface area contributed by atoms with Crippen LogP contribution in [0.1, 0.15) is 179 Å². The second kappa shape index (κ2) is 53.6. The summed E-state index contributed by atoms with van der Waals surface area (Å²) >= 11 is 0. The number of Topliss-reactive ketones (excluding diaryl/α,β-unsaturated/α-hetero) is 3. The van der Waals surface area contributed by atoms with Gasteiger partial charge in [-0.3, -0.25) is 28.8 Å². The van der Waals surface area contributed by atoms with Crippen molar-refractivity contribution in [2.24, 2.45) is 35.5 Å². The lowest BCUT2D eigenvalue weighted by molar-refractivity contribution is 0.0930. The number of hydrogen-bond acceptors (Lipinski definition) is 34. The van der Waals surface area contributed by atoms with Gasteiger partial charge in [-0.25, -0.2) is 0 Å². The zero-order valence-corrected chi connectivity index (χ0v) is 87.4. The van der Waals surface area contributed by atoms with Crippen LogP contribution in [0.5, 0.6) is 144 Å². The minimum atomic E-state index is -0.422. The van der Waals surface area contributed by atoms with Gasteiger partial charge < -0.3 is 133 Å². The van der Waals surface area contributed by atoms with E-state index in [1.807, 2.05) is 13.8 Å². The van der Waals surface area contributed by atoms with Gasteiger partial charge in [0.2, 0.25) is 45.7 Å². The number of phenols is 4. The summed E-state index contributed by atoms with van der Waals surface area (Å²) in [5.74, 6) is 10.2. The summed E-state index contributed by atoms with van der Waals surface area (Å²) in [6.07, 6.45) is 3.30. The summed E-state index contributed by atoms with van der Waals surface area (Å²) in [4.78, 5) is 74.1. The summed E-state index contributed by atoms with van der Waals surface area (Å²) in [6, 6.07) is 7.27. The number of carbonyl (C=O) groups excluding carboxylic acids is 3. The average molecular weight is 1940 g/mol. The molecular formula is C104H142O34. The average Bonchev–Trinajstić information content (AvgIpc) is 0.884. The van der Waals surface area contributed by atoms with E-state index in [9.17, 15) is 49.2 Å². The van der Waals surface area contributed by atoms with Crippen molar-refractivity contribution in [1.29, 1.82) is 0 Å². The van der Waals surface area contributed by atoms with Crippen LogP contribution in [0.2, 0.25) is 0 Å². The molecule has 0 unspecified atom stereocenters. The van der Waals surface area contributed by atoms with E-state index in [2.05, 4.69) is 55.4 Å². The third-order valence-electron chi connectivity index (χ3n) is 21.3. The fraction of sp³-hybridized carbons (Fsp3) is 0.481. The summed E-state index contributed by atoms with van der Waals surface area (Å²) < 4.78 is 129. The Hall–Kier alpha value is -13.8. The second-order valence-corrected chi connectivity index (χ2v) is 33.5. The summed E-state index contributed by atoms with van der Waals surface area (Å²) in [5, 5.41) is 40.6. The number of hydrogen-bond donors (Lipinski definition) is 4. The molecule has 3 aromatic heterocycles. The summed E-state index contributed by atoms with van der Waals surface area (Å²) in [6.45, 7) is 33.8. The summed E-state index contributed by atoms with van der Waals surface area (Å²) in [5.41, 5.74) is 5.23. The van der Waals surface area contributed by atoms with Gasteiger partial charge in [0.1, 0.15) is 89.9 Å². The predicted octanol–water partition coefficient (Wildman–Crippen LogP) is 19.6. The Morgan fingerprint density at radius 2 is 0.565 bits per heavy atom. The van der Waals surface area contributed by atoms with Crippen molar-refractivity contribution in [3.05, 3.63) is 128 Å². The molecule has 0 fully saturated rings. The van der Waals surface area contributed by atoms with Crippen molar-refractivity contribution >= 4 is 50.3 Å². The second-order valence-electron chi connectivity index (χ2n) is 33.5. The SMILES string of the molecule is COc1c(CC(C)C)c(O)c(C(C)=O)c(OC)c1OC.COc1c(OC)c(OC)c2c(=O)c(C(C)=O)c(C)oc2c1CC(C)C.COc1c(OC)c(OC)c2c(=O)c(C)c(C)oc2c1CC(C)C.COc1c(OC)c(OC)c2c(=O)cc(C)oc2c1CC(C)C.COc1cc(O)c(C(=O)C(C)C)c(OC)c1OC.COc1cc(O)c(CC(C)C)c(OC)c1OC.COc1cc(O)cc(OC)c1OC. The van der Waals surface area contributed by atoms with Crippen LogP contribution in [-0.4, -0.2) is 187 Å². The smallest absolute Gasteiger partial charge is 0.207 e. The normalized spacial score (nSPS) is 10.7. The van der Waals surface area contributed by atoms with E-state index in [-0.39, 0.29) is 114 Å². The molecule has 0 aliphatic rings. The molecule has 10 rings (SSSR count). The summed E-state index contributed by atoms with van der Waals surface area (Å²) in [7, 11) is 31.5. The van der Waals surface area contributed by atoms with Crippen LogP contribution in [0.3, 0.4) is 0 Å². The van der Waals surface area contributed by atoms with E-state index in [0.717, 1.165) is 28.7 Å². The molecule has 3 heterocycles. The van der Waals surface area contributed by atoms with Crippen molar-refractivity contribution < 1.29 is 148 Å². The third kappa shape index (κ3) is 26.5. The maximum absolute atomic E-state index is 13.0. The van der Waals surface area contributed by atoms with Gasteiger partial charge in [-0.05, 0) is 103 Å². The number of carbonyl (C=O) groups is 3. The number of ether oxygens (including phenoxy) is 21. The molecule has 0 saturated carbocycles. The van der Waals surface area contributed by atoms with Crippen molar-refractivity contribution in [2.75, 3.05) is 149 Å². The van der Waals surface area contributed by atoms with E-state index >= 15 is 0 Å². The highest BCUT2D eigenvalue weighted by Gasteiger charge is 2.35. The molecule has 0 spiro atoms. The minimum Gasteiger partial charge on any atom is -0.508 e. The Bertz CT molecular complexity index is 6020. The quantitative estimate of drug-likeness (QED) is 0.0268. The molecule has 7 aromatic carbocycles. The largest absolute Gasteiger partial charge is 0.508 e. The topological polar surface area (TPSA) is 417 Å². The molecule has 4 N–H and O–H groups in total. The van der Waals surface area contributed by atoms with E-state index < -0.39 is 5.43 Å². The molecule has 0 aliphatic heterocycles. The van der Waals surface area contributed by atoms with Crippen LogP contribution in [0.25, 0.3) is 32.9 Å². The van der Waals surface area contributed by atoms with E-state index in [4.69, 9.17) is 113 Å². The molecule has 0 aliphatic carbocycles. The molecule has 34 nitrogen and oxygen atoms in total. The highest BCUT2D eigenvalue weighted by atomic mass is 16.6. The van der Waals surface area contributed by atoms with E-state index in [1.165, 1.54) is 159 Å². The number of benzene rings is 7. The number of fused-ring (bicyclic) bond motifs is 3. The van der Waals surface area contributed by atoms with Crippen LogP contribution in [0.4, 0.5) is 0 Å². The molecule has 34 heteroatoms. The molecule has 0 radical (unpaired) electrons. The number of ketones is 3. The first-order valence-corrected chi connectivity index (χ1v) is 44.1. The lowest BCUT2D eigenvalue weighted by Crippen LogP contribution is -2.17. The number of aromatic hydroxyl groups is 4. The number of aryl methyl sites for hydroxylation is 3. The standard InChI is InChI=1S/C19H24O6.C18H24O5.C17H22O5.C15H22O5.C13H18O5.C13H20O4.C9H12O4/c1-9(2)8-12-16-14(15(21)13(10(3)20)11(4)25-16)18(23-6)19(24-7)17(12)22-5;1-9(2)8-12-15-13(14(19)10(3)11(4)23-15)17(21-6)18(22-7)16(12)20-5;1-9(2)7-11-14-13(12(18)8-10(3)22-14)16(20-5)17(21-6)15(11)19-4;1-8(2)7-10-12(17)11(9(3)16)14(19-5)15(20-6)13(10)18-4;1-7(2)11(15)10-8(14)6-9(16-3)12(17-4)13(10)18-5;1-8(2)6-9-10(14)7-11(15-3)13(17-5)12(9)16-4;1-11-7-4-6(10)5-8(12-2)9(7)13-3/h9H,8H2,1-7H3;9H,8H2,1-7H3;8-9H,7H2,1-6H3;8,17H,7H2,1-6H3;6-7,14H,1-5H3;7-8,14H,6H2,1-5H3;4-5,10H,1-3H3. The molecule has 0 amide bonds. The molecule has 0 saturated heterocycles. The fourth-order valence-corrected chi connectivity index (χ4v) is 15.4. The van der Waals surface area contributed by atoms with Gasteiger partial charge >= 0.3 is 0 Å². The van der Waals surface area contributed by atoms with Crippen LogP contribution in [0, 0.1) is 63.2 Å². The van der Waals surface area contributed by atoms with Gasteiger partial charge in [0.05, 0.1) is 149 Å². The monoisotopic (exact) mass is 1930 g/mol. The van der Waals surface area contributed by atoms with Gasteiger partial charge in [0.25, 0.3) is 0 Å². The molecule has 0 atom stereocenters. The predicted molar refractivity (Wildman–Crippen MR) is 528 cm³/mol. The van der Waals surface area contributed by atoms with Crippen LogP contribution in [-0.2, 0) is 32.1 Å². The van der Waals surface area contributed by atoms with Gasteiger partial charge in [0, 0.05) is 69.6 Å². The highest BCUT2D eigenvalue weighted by molar-refractivity contribution is 6.05. The first-order chi connectivity index (χ1) is 65.2. The first-order valence-electron chi connectivity index (χ1n) is 44.1. The third-order valence-corrected chi connectivity index (χ3v) is 21.3. The Kier molecular flexibility index (Phi) is 45.3. The number of phenolic OH excluding ortho intramolecular Hbond substituents is 4. The molecular weight excluding hydrogens is 1790 g/mol. The van der Waals surface area contributed by atoms with Crippen molar-refractivity contribution in [3.8, 4) is 144 Å². The zero-order chi connectivity index (χ0) is 105. The van der Waals surface area contributed by atoms with Gasteiger partial charge in [-0.2, -0.15) is 0 Å². The number of methoxy groups -OCH3 is 21. The van der Waals surface area contributed by atoms with Gasteiger partial charge in [-0.1, -0.05) is 83.1 Å². The van der Waals surface area contributed by atoms with Gasteiger partial charge in [-0.15, -0.1) is 0 Å². The molecule has 10 aromatic rings. The van der Waals surface area contributed by atoms with Crippen LogP contribution in [0.15, 0.2) is 58.0 Å². The Morgan fingerprint density at radius 1 is 0.283 bits per heavy atom. The Labute approximate surface area is 807 Å². The molecule has 762 valence electrons. The van der Waals surface area contributed by atoms with Crippen LogP contribution < -0.4 is 116 Å². The maximum atomic E-state index is 13.0. The van der Waals surface area contributed by atoms with Crippen molar-refractivity contribution in [1.82, 2.24) is 0 Å². The zero-order valence-electron chi connectivity index (χ0n) is 87.4. The first kappa shape index (κ1) is 116. The Balaban J connectivity index is 0.000000339. The van der Waals surface area contributed by atoms with E-state index in [0.29, 0.717) is 197 Å². The number of rotatable bonds is 35. The Morgan fingerprint density at radius 3 is 0.906 bits per heavy atom. The van der Waals surface area contributed by atoms with Crippen LogP contribution >= 0.6 is 0 Å². The minimum absolute atomic E-state index is 0.0218. The van der Waals surface area contributed by atoms with Gasteiger partial charge in [0.15, 0.2) is 109 Å². The molecule has 138 heavy (non-hydrogen) atoms.